The molecule has 1 aromatic rings. The van der Waals surface area contributed by atoms with E-state index in [1.807, 2.05) is 23.9 Å². The molecule has 0 saturated carbocycles. The summed E-state index contributed by atoms with van der Waals surface area (Å²) in [6.07, 6.45) is 1.16. The van der Waals surface area contributed by atoms with Gasteiger partial charge in [0.25, 0.3) is 0 Å². The Morgan fingerprint density at radius 2 is 1.89 bits per heavy atom. The van der Waals surface area contributed by atoms with Gasteiger partial charge in [0.2, 0.25) is 10.0 Å². The molecule has 0 aromatic heterocycles. The van der Waals surface area contributed by atoms with Crippen molar-refractivity contribution in [3.05, 3.63) is 24.3 Å². The van der Waals surface area contributed by atoms with Crippen molar-refractivity contribution in [2.75, 3.05) is 25.2 Å². The third kappa shape index (κ3) is 3.24. The molecule has 1 saturated heterocycles. The second-order valence-electron chi connectivity index (χ2n) is 4.93. The Kier molecular flexibility index (Phi) is 4.43. The van der Waals surface area contributed by atoms with E-state index in [1.54, 1.807) is 26.2 Å². The van der Waals surface area contributed by atoms with Crippen LogP contribution in [-0.4, -0.2) is 43.9 Å². The maximum Gasteiger partial charge on any atom is 0.242 e. The van der Waals surface area contributed by atoms with E-state index in [2.05, 4.69) is 12.2 Å². The van der Waals surface area contributed by atoms with Gasteiger partial charge in [-0.3, -0.25) is 0 Å². The number of hydrogen-bond donors (Lipinski definition) is 1. The van der Waals surface area contributed by atoms with Gasteiger partial charge in [0, 0.05) is 31.1 Å². The molecule has 0 radical (unpaired) electrons. The monoisotopic (exact) mass is 300 g/mol. The van der Waals surface area contributed by atoms with Gasteiger partial charge in [0.1, 0.15) is 0 Å². The second-order valence-corrected chi connectivity index (χ2v) is 8.56. The van der Waals surface area contributed by atoms with Crippen LogP contribution in [0.15, 0.2) is 29.2 Å². The highest BCUT2D eigenvalue weighted by atomic mass is 32.2. The molecule has 2 atom stereocenters. The molecular weight excluding hydrogens is 280 g/mol. The van der Waals surface area contributed by atoms with Gasteiger partial charge >= 0.3 is 0 Å². The maximum absolute atomic E-state index is 11.9. The van der Waals surface area contributed by atoms with E-state index in [4.69, 9.17) is 0 Å². The highest BCUT2D eigenvalue weighted by molar-refractivity contribution is 8.00. The summed E-state index contributed by atoms with van der Waals surface area (Å²) in [6, 6.07) is 7.47. The molecule has 106 valence electrons. The van der Waals surface area contributed by atoms with E-state index in [0.29, 0.717) is 16.2 Å². The predicted molar refractivity (Wildman–Crippen MR) is 81.3 cm³/mol. The average molecular weight is 300 g/mol. The first kappa shape index (κ1) is 14.7. The van der Waals surface area contributed by atoms with E-state index >= 15 is 0 Å². The first-order valence-electron chi connectivity index (χ1n) is 6.32. The summed E-state index contributed by atoms with van der Waals surface area (Å²) >= 11 is 1.97. The predicted octanol–water partition coefficient (Wildman–Crippen LogP) is 2.24. The highest BCUT2D eigenvalue weighted by Gasteiger charge is 2.23. The van der Waals surface area contributed by atoms with Crippen LogP contribution < -0.4 is 5.32 Å². The van der Waals surface area contributed by atoms with E-state index in [-0.39, 0.29) is 0 Å². The van der Waals surface area contributed by atoms with E-state index in [9.17, 15) is 8.42 Å². The molecule has 0 aliphatic carbocycles. The van der Waals surface area contributed by atoms with Gasteiger partial charge in [-0.1, -0.05) is 6.92 Å². The standard InChI is InChI=1S/C13H20N2O2S2/c1-10-13(8-9-18-10)14-11-4-6-12(7-5-11)19(16,17)15(2)3/h4-7,10,13-14H,8-9H2,1-3H3. The fourth-order valence-corrected chi connectivity index (χ4v) is 4.17. The van der Waals surface area contributed by atoms with Crippen LogP contribution in [0.4, 0.5) is 5.69 Å². The molecule has 1 aliphatic rings. The lowest BCUT2D eigenvalue weighted by Crippen LogP contribution is -2.25. The van der Waals surface area contributed by atoms with Gasteiger partial charge in [0.15, 0.2) is 0 Å². The molecule has 19 heavy (non-hydrogen) atoms. The zero-order chi connectivity index (χ0) is 14.0. The first-order chi connectivity index (χ1) is 8.91. The van der Waals surface area contributed by atoms with Crippen LogP contribution in [-0.2, 0) is 10.0 Å². The van der Waals surface area contributed by atoms with Crippen LogP contribution in [0.5, 0.6) is 0 Å². The number of thioether (sulfide) groups is 1. The van der Waals surface area contributed by atoms with Gasteiger partial charge in [-0.25, -0.2) is 12.7 Å². The maximum atomic E-state index is 11.9. The van der Waals surface area contributed by atoms with Crippen molar-refractivity contribution in [2.45, 2.75) is 29.5 Å². The quantitative estimate of drug-likeness (QED) is 0.926. The minimum atomic E-state index is -3.33. The van der Waals surface area contributed by atoms with Crippen molar-refractivity contribution in [2.24, 2.45) is 0 Å². The Morgan fingerprint density at radius 1 is 1.26 bits per heavy atom. The minimum Gasteiger partial charge on any atom is -0.381 e. The summed E-state index contributed by atoms with van der Waals surface area (Å²) in [5, 5.41) is 4.07. The average Bonchev–Trinajstić information content (AvgIpc) is 2.75. The lowest BCUT2D eigenvalue weighted by atomic mass is 10.1. The number of benzene rings is 1. The second kappa shape index (κ2) is 5.73. The Morgan fingerprint density at radius 3 is 2.37 bits per heavy atom. The molecule has 0 spiro atoms. The van der Waals surface area contributed by atoms with Gasteiger partial charge in [-0.05, 0) is 36.4 Å². The van der Waals surface area contributed by atoms with Crippen molar-refractivity contribution >= 4 is 27.5 Å². The number of nitrogens with zero attached hydrogens (tertiary/aromatic N) is 1. The molecule has 1 N–H and O–H groups in total. The molecule has 2 unspecified atom stereocenters. The summed E-state index contributed by atoms with van der Waals surface area (Å²) in [5.41, 5.74) is 0.983. The van der Waals surface area contributed by atoms with Crippen molar-refractivity contribution in [3.8, 4) is 0 Å². The molecule has 4 nitrogen and oxygen atoms in total. The molecule has 1 fully saturated rings. The van der Waals surface area contributed by atoms with Crippen LogP contribution >= 0.6 is 11.8 Å². The minimum absolute atomic E-state index is 0.330. The number of nitrogens with one attached hydrogen (secondary N) is 1. The topological polar surface area (TPSA) is 49.4 Å². The number of hydrogen-bond acceptors (Lipinski definition) is 4. The number of anilines is 1. The summed E-state index contributed by atoms with van der Waals surface area (Å²) in [4.78, 5) is 0.330. The number of rotatable bonds is 4. The van der Waals surface area contributed by atoms with Crippen LogP contribution in [0.25, 0.3) is 0 Å². The summed E-state index contributed by atoms with van der Waals surface area (Å²) in [7, 11) is -0.249. The summed E-state index contributed by atoms with van der Waals surface area (Å²) in [6.45, 7) is 2.22. The zero-order valence-electron chi connectivity index (χ0n) is 11.5. The van der Waals surface area contributed by atoms with Crippen molar-refractivity contribution < 1.29 is 8.42 Å². The highest BCUT2D eigenvalue weighted by Crippen LogP contribution is 2.29. The molecule has 1 aliphatic heterocycles. The van der Waals surface area contributed by atoms with Crippen molar-refractivity contribution in [3.63, 3.8) is 0 Å². The summed E-state index contributed by atoms with van der Waals surface area (Å²) in [5.74, 6) is 1.19. The van der Waals surface area contributed by atoms with E-state index in [1.165, 1.54) is 10.1 Å². The Balaban J connectivity index is 2.11. The van der Waals surface area contributed by atoms with Gasteiger partial charge in [-0.2, -0.15) is 11.8 Å². The van der Waals surface area contributed by atoms with Crippen LogP contribution in [0, 0.1) is 0 Å². The molecule has 1 heterocycles. The van der Waals surface area contributed by atoms with Gasteiger partial charge < -0.3 is 5.32 Å². The summed E-state index contributed by atoms with van der Waals surface area (Å²) < 4.78 is 25.1. The van der Waals surface area contributed by atoms with E-state index in [0.717, 1.165) is 12.1 Å². The van der Waals surface area contributed by atoms with Gasteiger partial charge in [-0.15, -0.1) is 0 Å². The molecule has 0 amide bonds. The zero-order valence-corrected chi connectivity index (χ0v) is 13.1. The Bertz CT molecular complexity index is 526. The largest absolute Gasteiger partial charge is 0.381 e. The Labute approximate surface area is 119 Å². The lowest BCUT2D eigenvalue weighted by Gasteiger charge is -2.18. The molecule has 1 aromatic carbocycles. The molecule has 2 rings (SSSR count). The fraction of sp³-hybridized carbons (Fsp3) is 0.538. The van der Waals surface area contributed by atoms with Crippen molar-refractivity contribution in [1.29, 1.82) is 0 Å². The third-order valence-electron chi connectivity index (χ3n) is 3.36. The van der Waals surface area contributed by atoms with Crippen LogP contribution in [0.1, 0.15) is 13.3 Å². The van der Waals surface area contributed by atoms with Crippen LogP contribution in [0.3, 0.4) is 0 Å². The molecule has 6 heteroatoms. The fourth-order valence-electron chi connectivity index (χ4n) is 2.07. The van der Waals surface area contributed by atoms with E-state index < -0.39 is 10.0 Å². The lowest BCUT2D eigenvalue weighted by molar-refractivity contribution is 0.521. The molecular formula is C13H20N2O2S2. The SMILES string of the molecule is CC1SCCC1Nc1ccc(S(=O)(=O)N(C)C)cc1. The molecule has 0 bridgehead atoms. The normalized spacial score (nSPS) is 23.8. The third-order valence-corrected chi connectivity index (χ3v) is 6.52. The van der Waals surface area contributed by atoms with Gasteiger partial charge in [0.05, 0.1) is 4.90 Å². The van der Waals surface area contributed by atoms with Crippen molar-refractivity contribution in [1.82, 2.24) is 4.31 Å². The Hall–Kier alpha value is -0.720. The smallest absolute Gasteiger partial charge is 0.242 e. The first-order valence-corrected chi connectivity index (χ1v) is 8.81. The van der Waals surface area contributed by atoms with Crippen LogP contribution in [0.2, 0.25) is 0 Å². The number of sulfonamides is 1.